The van der Waals surface area contributed by atoms with Gasteiger partial charge in [0.15, 0.2) is 6.29 Å². The Bertz CT molecular complexity index is 179. The molecule has 0 aliphatic rings. The lowest BCUT2D eigenvalue weighted by molar-refractivity contribution is 0.537. The Hall–Kier alpha value is -0.380. The molecule has 0 aliphatic heterocycles. The first kappa shape index (κ1) is 11.6. The molecule has 0 saturated carbocycles. The van der Waals surface area contributed by atoms with Crippen LogP contribution in [0.4, 0.5) is 0 Å². The van der Waals surface area contributed by atoms with Crippen LogP contribution in [0.3, 0.4) is 0 Å². The fraction of sp³-hybridized carbons (Fsp3) is 0.875. The van der Waals surface area contributed by atoms with E-state index in [0.29, 0.717) is 6.42 Å². The molecule has 1 unspecified atom stereocenters. The molecule has 1 atom stereocenters. The first-order chi connectivity index (χ1) is 5.72. The van der Waals surface area contributed by atoms with E-state index in [-0.39, 0.29) is 6.42 Å². The average Bonchev–Trinajstić information content (AvgIpc) is 2.03. The maximum Gasteiger partial charge on any atom is 0.199 e. The highest BCUT2D eigenvalue weighted by molar-refractivity contribution is 7.73. The molecular weight excluding hydrogens is 176 g/mol. The topological polar surface area (TPSA) is 51.2 Å². The lowest BCUT2D eigenvalue weighted by Crippen LogP contribution is -2.10. The summed E-state index contributed by atoms with van der Waals surface area (Å²) in [7, 11) is -2.45. The number of hydrogen-bond donors (Lipinski definition) is 1. The van der Waals surface area contributed by atoms with Crippen molar-refractivity contribution in [3.63, 3.8) is 0 Å². The van der Waals surface area contributed by atoms with Crippen molar-refractivity contribution in [3.05, 3.63) is 0 Å². The summed E-state index contributed by atoms with van der Waals surface area (Å²) in [6.07, 6.45) is 5.24. The van der Waals surface area contributed by atoms with E-state index in [0.717, 1.165) is 19.3 Å². The Balaban J connectivity index is 3.71. The molecule has 0 heterocycles. The number of carbonyl (C=O) groups excluding carboxylic acids is 1. The van der Waals surface area contributed by atoms with E-state index < -0.39 is 16.0 Å². The zero-order valence-electron chi connectivity index (χ0n) is 7.28. The van der Waals surface area contributed by atoms with Gasteiger partial charge in [0.25, 0.3) is 0 Å². The second-order valence-electron chi connectivity index (χ2n) is 2.78. The molecule has 0 amide bonds. The number of hydrogen-bond acceptors (Lipinski definition) is 3. The quantitative estimate of drug-likeness (QED) is 0.483. The normalized spacial score (nSPS) is 13.2. The summed E-state index contributed by atoms with van der Waals surface area (Å²) in [5.41, 5.74) is 0. The molecule has 0 rings (SSSR count). The summed E-state index contributed by atoms with van der Waals surface area (Å²) in [4.78, 5) is 9.96. The highest BCUT2D eigenvalue weighted by Gasteiger charge is 2.10. The van der Waals surface area contributed by atoms with Crippen LogP contribution in [0.5, 0.6) is 0 Å². The molecule has 0 bridgehead atoms. The standard InChI is InChI=1S/C8H15O3S/c1-2-3-4-5-8(6-7-9)12(10)11/h8,12H,2-6H2,1H3. The summed E-state index contributed by atoms with van der Waals surface area (Å²) in [5, 5.41) is -0.482. The summed E-state index contributed by atoms with van der Waals surface area (Å²) < 4.78 is 21.1. The summed E-state index contributed by atoms with van der Waals surface area (Å²) in [5.74, 6) is 0. The van der Waals surface area contributed by atoms with Crippen molar-refractivity contribution in [3.8, 4) is 0 Å². The third-order valence-corrected chi connectivity index (χ3v) is 2.80. The second-order valence-corrected chi connectivity index (χ2v) is 4.08. The van der Waals surface area contributed by atoms with E-state index in [1.54, 1.807) is 6.29 Å². The highest BCUT2D eigenvalue weighted by Crippen LogP contribution is 2.08. The van der Waals surface area contributed by atoms with Crippen molar-refractivity contribution in [2.45, 2.75) is 44.3 Å². The van der Waals surface area contributed by atoms with E-state index in [1.807, 2.05) is 0 Å². The molecular formula is C8H15O3S. The van der Waals surface area contributed by atoms with Gasteiger partial charge in [-0.2, -0.15) is 0 Å². The van der Waals surface area contributed by atoms with Crippen LogP contribution in [0.15, 0.2) is 0 Å². The molecule has 0 aromatic heterocycles. The number of rotatable bonds is 7. The Kier molecular flexibility index (Phi) is 7.05. The first-order valence-corrected chi connectivity index (χ1v) is 5.45. The Morgan fingerprint density at radius 1 is 1.33 bits per heavy atom. The van der Waals surface area contributed by atoms with Crippen molar-refractivity contribution in [1.82, 2.24) is 0 Å². The minimum absolute atomic E-state index is 0.0302. The molecule has 71 valence electrons. The Morgan fingerprint density at radius 3 is 2.42 bits per heavy atom. The summed E-state index contributed by atoms with van der Waals surface area (Å²) in [6, 6.07) is 0. The van der Waals surface area contributed by atoms with Gasteiger partial charge in [0.05, 0.1) is 5.25 Å². The van der Waals surface area contributed by atoms with Gasteiger partial charge in [-0.25, -0.2) is 8.42 Å². The molecule has 4 heteroatoms. The molecule has 0 aromatic carbocycles. The van der Waals surface area contributed by atoms with Crippen LogP contribution >= 0.6 is 0 Å². The Morgan fingerprint density at radius 2 is 2.00 bits per heavy atom. The highest BCUT2D eigenvalue weighted by atomic mass is 32.2. The lowest BCUT2D eigenvalue weighted by atomic mass is 10.1. The van der Waals surface area contributed by atoms with E-state index in [9.17, 15) is 13.2 Å². The van der Waals surface area contributed by atoms with Gasteiger partial charge < -0.3 is 0 Å². The molecule has 0 aliphatic carbocycles. The monoisotopic (exact) mass is 191 g/mol. The van der Waals surface area contributed by atoms with E-state index in [4.69, 9.17) is 0 Å². The summed E-state index contributed by atoms with van der Waals surface area (Å²) in [6.45, 7) is 2.05. The van der Waals surface area contributed by atoms with Crippen molar-refractivity contribution in [1.29, 1.82) is 0 Å². The van der Waals surface area contributed by atoms with Crippen molar-refractivity contribution < 1.29 is 13.2 Å². The third kappa shape index (κ3) is 5.29. The van der Waals surface area contributed by atoms with Crippen LogP contribution in [0.2, 0.25) is 0 Å². The van der Waals surface area contributed by atoms with Crippen molar-refractivity contribution >= 4 is 17.0 Å². The van der Waals surface area contributed by atoms with Gasteiger partial charge in [0, 0.05) is 6.42 Å². The average molecular weight is 191 g/mol. The van der Waals surface area contributed by atoms with Gasteiger partial charge in [-0.3, -0.25) is 4.79 Å². The molecule has 12 heavy (non-hydrogen) atoms. The van der Waals surface area contributed by atoms with Crippen molar-refractivity contribution in [2.75, 3.05) is 0 Å². The predicted molar refractivity (Wildman–Crippen MR) is 48.6 cm³/mol. The molecule has 0 spiro atoms. The van der Waals surface area contributed by atoms with Gasteiger partial charge in [-0.1, -0.05) is 26.2 Å². The van der Waals surface area contributed by atoms with Crippen LogP contribution in [-0.2, 0) is 15.5 Å². The fourth-order valence-electron chi connectivity index (χ4n) is 1.01. The minimum Gasteiger partial charge on any atom is -0.291 e. The van der Waals surface area contributed by atoms with Gasteiger partial charge in [0.2, 0.25) is 0 Å². The number of unbranched alkanes of at least 4 members (excludes halogenated alkanes) is 2. The maximum atomic E-state index is 10.5. The van der Waals surface area contributed by atoms with Crippen LogP contribution in [0.1, 0.15) is 39.0 Å². The third-order valence-electron chi connectivity index (χ3n) is 1.76. The van der Waals surface area contributed by atoms with E-state index in [1.165, 1.54) is 0 Å². The van der Waals surface area contributed by atoms with Crippen LogP contribution in [0, 0.1) is 0 Å². The smallest absolute Gasteiger partial charge is 0.199 e. The molecule has 3 nitrogen and oxygen atoms in total. The van der Waals surface area contributed by atoms with Crippen LogP contribution < -0.4 is 0 Å². The SMILES string of the molecule is CCCCCC(C[C]=O)[SH](=O)=O. The van der Waals surface area contributed by atoms with E-state index in [2.05, 4.69) is 6.92 Å². The van der Waals surface area contributed by atoms with Crippen LogP contribution in [-0.4, -0.2) is 20.0 Å². The van der Waals surface area contributed by atoms with Crippen molar-refractivity contribution in [2.24, 2.45) is 0 Å². The molecule has 0 fully saturated rings. The number of thiol groups is 1. The zero-order chi connectivity index (χ0) is 9.40. The van der Waals surface area contributed by atoms with Gasteiger partial charge in [0.1, 0.15) is 10.7 Å². The first-order valence-electron chi connectivity index (χ1n) is 4.20. The second kappa shape index (κ2) is 7.28. The van der Waals surface area contributed by atoms with Gasteiger partial charge in [-0.05, 0) is 6.42 Å². The van der Waals surface area contributed by atoms with Gasteiger partial charge in [-0.15, -0.1) is 0 Å². The molecule has 0 N–H and O–H groups in total. The van der Waals surface area contributed by atoms with Crippen LogP contribution in [0.25, 0.3) is 0 Å². The lowest BCUT2D eigenvalue weighted by Gasteiger charge is -2.04. The zero-order valence-corrected chi connectivity index (χ0v) is 8.18. The predicted octanol–water partition coefficient (Wildman–Crippen LogP) is 1.05. The molecule has 0 saturated heterocycles. The largest absolute Gasteiger partial charge is 0.291 e. The molecule has 1 radical (unpaired) electrons. The van der Waals surface area contributed by atoms with Gasteiger partial charge >= 0.3 is 0 Å². The Labute approximate surface area is 75.1 Å². The maximum absolute atomic E-state index is 10.5. The summed E-state index contributed by atoms with van der Waals surface area (Å²) >= 11 is 0. The molecule has 0 aromatic rings. The van der Waals surface area contributed by atoms with E-state index >= 15 is 0 Å². The fourth-order valence-corrected chi connectivity index (χ4v) is 1.63. The minimum atomic E-state index is -2.45.